The predicted molar refractivity (Wildman–Crippen MR) is 195 cm³/mol. The lowest BCUT2D eigenvalue weighted by Gasteiger charge is -2.49. The van der Waals surface area contributed by atoms with Gasteiger partial charge in [0.1, 0.15) is 0 Å². The maximum Gasteiger partial charge on any atom is 0.638 e. The molecular formula is C32H68O4Si5. The van der Waals surface area contributed by atoms with E-state index in [1.165, 1.54) is 0 Å². The van der Waals surface area contributed by atoms with Crippen molar-refractivity contribution in [2.45, 2.75) is 155 Å². The number of hydrogen-bond acceptors (Lipinski definition) is 4. The van der Waals surface area contributed by atoms with Gasteiger partial charge < -0.3 is 16.5 Å². The van der Waals surface area contributed by atoms with Gasteiger partial charge in [-0.2, -0.15) is 0 Å². The van der Waals surface area contributed by atoms with Crippen LogP contribution in [0.25, 0.3) is 0 Å². The fraction of sp³-hybridized carbons (Fsp3) is 0.750. The van der Waals surface area contributed by atoms with Crippen LogP contribution in [-0.2, 0) is 16.5 Å². The van der Waals surface area contributed by atoms with Crippen LogP contribution in [0.1, 0.15) is 107 Å². The molecule has 0 rings (SSSR count). The van der Waals surface area contributed by atoms with Crippen molar-refractivity contribution >= 4 is 42.3 Å². The molecule has 41 heavy (non-hydrogen) atoms. The molecule has 240 valence electrons. The monoisotopic (exact) mass is 656 g/mol. The molecule has 0 N–H and O–H groups in total. The summed E-state index contributed by atoms with van der Waals surface area (Å²) in [4.78, 5) is 0. The van der Waals surface area contributed by atoms with E-state index in [4.69, 9.17) is 16.5 Å². The molecule has 0 fully saturated rings. The summed E-state index contributed by atoms with van der Waals surface area (Å²) in [5.41, 5.74) is 8.62. The highest BCUT2D eigenvalue weighted by Gasteiger charge is 2.61. The molecule has 0 spiro atoms. The maximum atomic E-state index is 7.66. The maximum absolute atomic E-state index is 7.66. The lowest BCUT2D eigenvalue weighted by molar-refractivity contribution is 0.144. The number of hydrogen-bond donors (Lipinski definition) is 0. The molecule has 0 amide bonds. The van der Waals surface area contributed by atoms with E-state index in [1.54, 1.807) is 0 Å². The predicted octanol–water partition coefficient (Wildman–Crippen LogP) is 11.5. The highest BCUT2D eigenvalue weighted by atomic mass is 28.5. The van der Waals surface area contributed by atoms with Crippen molar-refractivity contribution in [3.63, 3.8) is 0 Å². The molecule has 0 aromatic rings. The highest BCUT2D eigenvalue weighted by Crippen LogP contribution is 2.40. The zero-order valence-corrected chi connectivity index (χ0v) is 33.6. The Bertz CT molecular complexity index is 611. The van der Waals surface area contributed by atoms with Crippen LogP contribution in [-0.4, -0.2) is 42.3 Å². The average Bonchev–Trinajstić information content (AvgIpc) is 2.94. The van der Waals surface area contributed by atoms with Gasteiger partial charge in [-0.1, -0.05) is 130 Å². The van der Waals surface area contributed by atoms with E-state index in [0.29, 0.717) is 0 Å². The second kappa shape index (κ2) is 20.8. The van der Waals surface area contributed by atoms with Crippen molar-refractivity contribution in [1.82, 2.24) is 0 Å². The van der Waals surface area contributed by atoms with Crippen molar-refractivity contribution in [1.29, 1.82) is 0 Å². The van der Waals surface area contributed by atoms with Gasteiger partial charge in [-0.3, -0.25) is 0 Å². The second-order valence-corrected chi connectivity index (χ2v) is 30.4. The van der Waals surface area contributed by atoms with Gasteiger partial charge in [0.25, 0.3) is 0 Å². The van der Waals surface area contributed by atoms with Gasteiger partial charge in [-0.15, -0.1) is 26.3 Å². The van der Waals surface area contributed by atoms with Crippen molar-refractivity contribution < 1.29 is 16.5 Å². The minimum atomic E-state index is -3.76. The first-order chi connectivity index (χ1) is 19.6. The standard InChI is InChI=1S/C32H68O4Si5/c1-13-25-37(21-9,26-14-2)33-41(34-38(22-10,27-15-3)28-16-4,35-39(23-11,29-17-5)30-18-6)36-40(24-12,31-19-7)32-20-8/h21-24H,9-20,25-32H2,1-8H3. The third kappa shape index (κ3) is 12.4. The van der Waals surface area contributed by atoms with Crippen LogP contribution in [0.4, 0.5) is 0 Å². The SMILES string of the molecule is C=C[Si](CCC)(CCC)O[Si](O[Si](C=C)(CCC)CCC)(O[Si](C=C)(CCC)CCC)O[Si](C=C)(CCC)CCC. The van der Waals surface area contributed by atoms with Gasteiger partial charge in [0.2, 0.25) is 33.3 Å². The van der Waals surface area contributed by atoms with Crippen molar-refractivity contribution in [2.24, 2.45) is 0 Å². The third-order valence-corrected chi connectivity index (χ3v) is 32.4. The normalized spacial score (nSPS) is 13.3. The first-order valence-corrected chi connectivity index (χ1v) is 28.1. The Labute approximate surface area is 262 Å². The number of rotatable bonds is 28. The van der Waals surface area contributed by atoms with Crippen LogP contribution in [0, 0.1) is 0 Å². The van der Waals surface area contributed by atoms with Crippen LogP contribution in [0.5, 0.6) is 0 Å². The smallest absolute Gasteiger partial charge is 0.391 e. The van der Waals surface area contributed by atoms with Gasteiger partial charge in [0.15, 0.2) is 0 Å². The summed E-state index contributed by atoms with van der Waals surface area (Å²) >= 11 is 0. The fourth-order valence-electron chi connectivity index (χ4n) is 6.40. The Morgan fingerprint density at radius 2 is 0.488 bits per heavy atom. The van der Waals surface area contributed by atoms with Crippen molar-refractivity contribution in [2.75, 3.05) is 0 Å². The molecule has 0 aliphatic rings. The summed E-state index contributed by atoms with van der Waals surface area (Å²) in [6.07, 6.45) is 8.32. The Hall–Kier alpha value is -0.116. The molecule has 0 saturated carbocycles. The molecule has 0 heterocycles. The third-order valence-electron chi connectivity index (χ3n) is 8.19. The van der Waals surface area contributed by atoms with Crippen molar-refractivity contribution in [3.05, 3.63) is 49.1 Å². The summed E-state index contributed by atoms with van der Waals surface area (Å²) in [6.45, 7) is 35.6. The van der Waals surface area contributed by atoms with E-state index in [2.05, 4.69) is 105 Å². The van der Waals surface area contributed by atoms with Crippen LogP contribution >= 0.6 is 0 Å². The lowest BCUT2D eigenvalue weighted by Crippen LogP contribution is -2.69. The topological polar surface area (TPSA) is 36.9 Å². The first-order valence-electron chi connectivity index (χ1n) is 16.9. The molecule has 0 atom stereocenters. The Morgan fingerprint density at radius 1 is 0.341 bits per heavy atom. The Kier molecular flexibility index (Phi) is 20.7. The van der Waals surface area contributed by atoms with Gasteiger partial charge in [-0.05, 0) is 48.4 Å². The minimum absolute atomic E-state index is 0.994. The van der Waals surface area contributed by atoms with E-state index in [-0.39, 0.29) is 0 Å². The first kappa shape index (κ1) is 40.9. The molecule has 0 radical (unpaired) electrons. The zero-order chi connectivity index (χ0) is 31.5. The molecular weight excluding hydrogens is 589 g/mol. The van der Waals surface area contributed by atoms with Gasteiger partial charge in [0, 0.05) is 0 Å². The lowest BCUT2D eigenvalue weighted by atomic mass is 10.6. The molecule has 9 heteroatoms. The van der Waals surface area contributed by atoms with Gasteiger partial charge in [-0.25, -0.2) is 0 Å². The van der Waals surface area contributed by atoms with Crippen LogP contribution in [0.2, 0.25) is 48.4 Å². The van der Waals surface area contributed by atoms with Crippen LogP contribution in [0.15, 0.2) is 49.1 Å². The molecule has 0 aliphatic carbocycles. The second-order valence-electron chi connectivity index (χ2n) is 12.0. The molecule has 0 aliphatic heterocycles. The highest BCUT2D eigenvalue weighted by molar-refractivity contribution is 6.96. The van der Waals surface area contributed by atoms with Gasteiger partial charge >= 0.3 is 9.05 Å². The van der Waals surface area contributed by atoms with E-state index >= 15 is 0 Å². The summed E-state index contributed by atoms with van der Waals surface area (Å²) in [5.74, 6) is 0. The molecule has 0 bridgehead atoms. The minimum Gasteiger partial charge on any atom is -0.391 e. The fourth-order valence-corrected chi connectivity index (χ4v) is 31.6. The molecule has 0 aromatic carbocycles. The van der Waals surface area contributed by atoms with E-state index in [0.717, 1.165) is 99.7 Å². The van der Waals surface area contributed by atoms with Crippen LogP contribution in [0.3, 0.4) is 0 Å². The van der Waals surface area contributed by atoms with E-state index in [1.807, 2.05) is 0 Å². The quantitative estimate of drug-likeness (QED) is 0.0785. The summed E-state index contributed by atoms with van der Waals surface area (Å²) in [7, 11) is -13.6. The molecule has 0 aromatic heterocycles. The average molecular weight is 657 g/mol. The van der Waals surface area contributed by atoms with Crippen LogP contribution < -0.4 is 0 Å². The summed E-state index contributed by atoms with van der Waals surface area (Å²) in [6, 6.07) is 7.95. The van der Waals surface area contributed by atoms with E-state index < -0.39 is 42.3 Å². The molecule has 0 saturated heterocycles. The Morgan fingerprint density at radius 3 is 0.585 bits per heavy atom. The van der Waals surface area contributed by atoms with E-state index in [9.17, 15) is 0 Å². The van der Waals surface area contributed by atoms with Crippen molar-refractivity contribution in [3.8, 4) is 0 Å². The molecule has 4 nitrogen and oxygen atoms in total. The Balaban J connectivity index is 7.82. The summed E-state index contributed by atoms with van der Waals surface area (Å²) in [5, 5.41) is 0. The molecule has 0 unspecified atom stereocenters. The zero-order valence-electron chi connectivity index (χ0n) is 28.6. The largest absolute Gasteiger partial charge is 0.638 e. The van der Waals surface area contributed by atoms with Gasteiger partial charge in [0.05, 0.1) is 0 Å². The summed E-state index contributed by atoms with van der Waals surface area (Å²) < 4.78 is 30.6.